The van der Waals surface area contributed by atoms with Gasteiger partial charge in [-0.15, -0.1) is 0 Å². The minimum absolute atomic E-state index is 0.605. The normalized spacial score (nSPS) is 11.8. The zero-order chi connectivity index (χ0) is 8.97. The van der Waals surface area contributed by atoms with Gasteiger partial charge in [-0.3, -0.25) is 4.98 Å². The fraction of sp³-hybridized carbons (Fsp3) is 0.300. The molecule has 2 nitrogen and oxygen atoms in total. The molecular weight excluding hydrogens is 148 g/mol. The van der Waals surface area contributed by atoms with E-state index in [2.05, 4.69) is 4.98 Å². The average Bonchev–Trinajstić information content (AvgIpc) is 2.09. The van der Waals surface area contributed by atoms with E-state index in [1.807, 2.05) is 38.3 Å². The Morgan fingerprint density at radius 1 is 1.58 bits per heavy atom. The largest absolute Gasteiger partial charge is 0.327 e. The van der Waals surface area contributed by atoms with E-state index in [-0.39, 0.29) is 0 Å². The van der Waals surface area contributed by atoms with Crippen LogP contribution in [0.2, 0.25) is 0 Å². The molecule has 0 radical (unpaired) electrons. The fourth-order valence-electron chi connectivity index (χ4n) is 0.908. The van der Waals surface area contributed by atoms with Crippen molar-refractivity contribution in [3.63, 3.8) is 0 Å². The molecule has 0 saturated heterocycles. The van der Waals surface area contributed by atoms with Gasteiger partial charge >= 0.3 is 0 Å². The van der Waals surface area contributed by atoms with Crippen LogP contribution < -0.4 is 5.73 Å². The fourth-order valence-corrected chi connectivity index (χ4v) is 0.908. The van der Waals surface area contributed by atoms with Crippen molar-refractivity contribution in [2.24, 2.45) is 5.73 Å². The van der Waals surface area contributed by atoms with Gasteiger partial charge in [-0.1, -0.05) is 17.7 Å². The maximum atomic E-state index is 5.46. The molecule has 12 heavy (non-hydrogen) atoms. The van der Waals surface area contributed by atoms with Crippen molar-refractivity contribution in [3.8, 4) is 0 Å². The van der Waals surface area contributed by atoms with Crippen molar-refractivity contribution < 1.29 is 0 Å². The maximum absolute atomic E-state index is 5.46. The lowest BCUT2D eigenvalue weighted by Crippen LogP contribution is -1.99. The number of hydrogen-bond donors (Lipinski definition) is 1. The summed E-state index contributed by atoms with van der Waals surface area (Å²) in [5.41, 5.74) is 8.78. The van der Waals surface area contributed by atoms with Gasteiger partial charge in [0.25, 0.3) is 0 Å². The molecule has 64 valence electrons. The van der Waals surface area contributed by atoms with Crippen molar-refractivity contribution in [3.05, 3.63) is 35.2 Å². The van der Waals surface area contributed by atoms with Crippen molar-refractivity contribution in [2.75, 3.05) is 6.54 Å². The van der Waals surface area contributed by atoms with Gasteiger partial charge in [0.05, 0.1) is 0 Å². The number of nitrogens with two attached hydrogens (primary N) is 1. The summed E-state index contributed by atoms with van der Waals surface area (Å²) in [6.45, 7) is 4.59. The predicted octanol–water partition coefficient (Wildman–Crippen LogP) is 1.75. The average molecular weight is 162 g/mol. The first-order chi connectivity index (χ1) is 5.72. The van der Waals surface area contributed by atoms with E-state index in [0.717, 1.165) is 11.3 Å². The molecule has 1 heterocycles. The highest BCUT2D eigenvalue weighted by Crippen LogP contribution is 2.04. The van der Waals surface area contributed by atoms with E-state index < -0.39 is 0 Å². The molecule has 0 spiro atoms. The minimum Gasteiger partial charge on any atom is -0.327 e. The van der Waals surface area contributed by atoms with Crippen molar-refractivity contribution in [2.45, 2.75) is 13.8 Å². The quantitative estimate of drug-likeness (QED) is 0.719. The summed E-state index contributed by atoms with van der Waals surface area (Å²) < 4.78 is 0. The molecule has 1 aromatic rings. The van der Waals surface area contributed by atoms with Crippen LogP contribution in [0.3, 0.4) is 0 Å². The molecule has 2 N–H and O–H groups in total. The molecule has 2 heteroatoms. The third-order valence-electron chi connectivity index (χ3n) is 1.67. The van der Waals surface area contributed by atoms with Gasteiger partial charge in [-0.2, -0.15) is 0 Å². The van der Waals surface area contributed by atoms with Crippen LogP contribution in [0.1, 0.15) is 18.2 Å². The van der Waals surface area contributed by atoms with Crippen LogP contribution in [0.4, 0.5) is 0 Å². The second-order valence-electron chi connectivity index (χ2n) is 2.93. The van der Waals surface area contributed by atoms with E-state index in [0.29, 0.717) is 6.54 Å². The lowest BCUT2D eigenvalue weighted by atomic mass is 10.2. The molecular formula is C10H14N2. The first-order valence-electron chi connectivity index (χ1n) is 4.02. The monoisotopic (exact) mass is 162 g/mol. The Hall–Kier alpha value is -1.15. The second kappa shape index (κ2) is 4.02. The Morgan fingerprint density at radius 3 is 2.83 bits per heavy atom. The number of rotatable bonds is 2. The Balaban J connectivity index is 2.84. The molecule has 0 atom stereocenters. The maximum Gasteiger partial charge on any atom is 0.0373 e. The van der Waals surface area contributed by atoms with Gasteiger partial charge in [0.2, 0.25) is 0 Å². The summed E-state index contributed by atoms with van der Waals surface area (Å²) in [4.78, 5) is 4.18. The van der Waals surface area contributed by atoms with Gasteiger partial charge < -0.3 is 5.73 Å². The van der Waals surface area contributed by atoms with Gasteiger partial charge in [-0.05, 0) is 25.5 Å². The van der Waals surface area contributed by atoms with Gasteiger partial charge in [-0.25, -0.2) is 0 Å². The molecule has 0 amide bonds. The SMILES string of the molecule is C/C(=C/c1ccc(C)nc1)CN. The summed E-state index contributed by atoms with van der Waals surface area (Å²) in [7, 11) is 0. The Morgan fingerprint density at radius 2 is 2.33 bits per heavy atom. The van der Waals surface area contributed by atoms with Crippen LogP contribution >= 0.6 is 0 Å². The topological polar surface area (TPSA) is 38.9 Å². The molecule has 0 aliphatic carbocycles. The molecule has 0 aromatic carbocycles. The van der Waals surface area contributed by atoms with Gasteiger partial charge in [0.1, 0.15) is 0 Å². The van der Waals surface area contributed by atoms with Crippen LogP contribution in [0.5, 0.6) is 0 Å². The third kappa shape index (κ3) is 2.47. The minimum atomic E-state index is 0.605. The van der Waals surface area contributed by atoms with Gasteiger partial charge in [0, 0.05) is 18.4 Å². The van der Waals surface area contributed by atoms with E-state index in [1.54, 1.807) is 0 Å². The van der Waals surface area contributed by atoms with Crippen LogP contribution in [0.25, 0.3) is 6.08 Å². The number of aryl methyl sites for hydroxylation is 1. The van der Waals surface area contributed by atoms with E-state index in [4.69, 9.17) is 5.73 Å². The summed E-state index contributed by atoms with van der Waals surface area (Å²) in [6.07, 6.45) is 3.90. The predicted molar refractivity (Wildman–Crippen MR) is 51.7 cm³/mol. The lowest BCUT2D eigenvalue weighted by Gasteiger charge is -1.96. The smallest absolute Gasteiger partial charge is 0.0373 e. The zero-order valence-electron chi connectivity index (χ0n) is 7.54. The first-order valence-corrected chi connectivity index (χ1v) is 4.02. The van der Waals surface area contributed by atoms with Crippen LogP contribution in [0, 0.1) is 6.92 Å². The van der Waals surface area contributed by atoms with Crippen molar-refractivity contribution in [1.29, 1.82) is 0 Å². The Bertz CT molecular complexity index is 272. The highest BCUT2D eigenvalue weighted by molar-refractivity contribution is 5.51. The highest BCUT2D eigenvalue weighted by Gasteiger charge is 1.89. The molecule has 0 aliphatic rings. The molecule has 0 fully saturated rings. The summed E-state index contributed by atoms with van der Waals surface area (Å²) in [6, 6.07) is 4.04. The Labute approximate surface area is 73.1 Å². The number of hydrogen-bond acceptors (Lipinski definition) is 2. The van der Waals surface area contributed by atoms with Crippen LogP contribution in [-0.2, 0) is 0 Å². The van der Waals surface area contributed by atoms with E-state index in [1.165, 1.54) is 5.57 Å². The summed E-state index contributed by atoms with van der Waals surface area (Å²) >= 11 is 0. The van der Waals surface area contributed by atoms with Crippen molar-refractivity contribution in [1.82, 2.24) is 4.98 Å². The standard InChI is InChI=1S/C10H14N2/c1-8(6-11)5-10-4-3-9(2)12-7-10/h3-5,7H,6,11H2,1-2H3/b8-5-. The molecule has 1 rings (SSSR count). The van der Waals surface area contributed by atoms with Crippen molar-refractivity contribution >= 4 is 6.08 Å². The molecule has 0 unspecified atom stereocenters. The summed E-state index contributed by atoms with van der Waals surface area (Å²) in [5.74, 6) is 0. The Kier molecular flexibility index (Phi) is 3.00. The highest BCUT2D eigenvalue weighted by atomic mass is 14.6. The second-order valence-corrected chi connectivity index (χ2v) is 2.93. The van der Waals surface area contributed by atoms with Crippen LogP contribution in [-0.4, -0.2) is 11.5 Å². The third-order valence-corrected chi connectivity index (χ3v) is 1.67. The first kappa shape index (κ1) is 8.94. The van der Waals surface area contributed by atoms with Gasteiger partial charge in [0.15, 0.2) is 0 Å². The van der Waals surface area contributed by atoms with E-state index >= 15 is 0 Å². The molecule has 0 saturated carbocycles. The number of nitrogens with zero attached hydrogens (tertiary/aromatic N) is 1. The molecule has 1 aromatic heterocycles. The molecule has 0 bridgehead atoms. The lowest BCUT2D eigenvalue weighted by molar-refractivity contribution is 1.15. The number of aromatic nitrogens is 1. The van der Waals surface area contributed by atoms with Crippen LogP contribution in [0.15, 0.2) is 23.9 Å². The number of pyridine rings is 1. The van der Waals surface area contributed by atoms with E-state index in [9.17, 15) is 0 Å². The summed E-state index contributed by atoms with van der Waals surface area (Å²) in [5, 5.41) is 0. The molecule has 0 aliphatic heterocycles. The zero-order valence-corrected chi connectivity index (χ0v) is 7.54.